The van der Waals surface area contributed by atoms with Crippen molar-refractivity contribution in [2.45, 2.75) is 40.3 Å². The van der Waals surface area contributed by atoms with E-state index in [1.807, 2.05) is 12.1 Å². The quantitative estimate of drug-likeness (QED) is 0.756. The van der Waals surface area contributed by atoms with Crippen LogP contribution in [0.1, 0.15) is 38.7 Å². The van der Waals surface area contributed by atoms with Gasteiger partial charge in [0.05, 0.1) is 6.54 Å². The molecule has 0 fully saturated rings. The number of ether oxygens (including phenoxy) is 1. The van der Waals surface area contributed by atoms with Gasteiger partial charge in [-0.1, -0.05) is 20.8 Å². The van der Waals surface area contributed by atoms with Gasteiger partial charge in [0.2, 0.25) is 0 Å². The fraction of sp³-hybridized carbons (Fsp3) is 0.692. The highest BCUT2D eigenvalue weighted by molar-refractivity contribution is 5.06. The van der Waals surface area contributed by atoms with Crippen molar-refractivity contribution in [1.29, 1.82) is 0 Å². The molecule has 1 heterocycles. The van der Waals surface area contributed by atoms with Crippen molar-refractivity contribution in [2.75, 3.05) is 13.7 Å². The predicted molar refractivity (Wildman–Crippen MR) is 65.2 cm³/mol. The number of hydrogen-bond acceptors (Lipinski definition) is 3. The Kier molecular flexibility index (Phi) is 5.03. The van der Waals surface area contributed by atoms with Gasteiger partial charge in [0.25, 0.3) is 0 Å². The van der Waals surface area contributed by atoms with Gasteiger partial charge in [-0.25, -0.2) is 0 Å². The van der Waals surface area contributed by atoms with Crippen molar-refractivity contribution in [3.8, 4) is 0 Å². The number of methoxy groups -OCH3 is 1. The molecule has 1 aromatic rings. The van der Waals surface area contributed by atoms with Crippen LogP contribution >= 0.6 is 0 Å². The van der Waals surface area contributed by atoms with Crippen LogP contribution in [0.4, 0.5) is 0 Å². The number of furan rings is 1. The summed E-state index contributed by atoms with van der Waals surface area (Å²) in [5.74, 6) is 1.86. The molecule has 0 bridgehead atoms. The molecule has 1 N–H and O–H groups in total. The molecule has 1 rings (SSSR count). The Morgan fingerprint density at radius 3 is 2.56 bits per heavy atom. The molecule has 0 saturated carbocycles. The molecular formula is C13H23NO2. The van der Waals surface area contributed by atoms with E-state index in [-0.39, 0.29) is 0 Å². The van der Waals surface area contributed by atoms with Crippen LogP contribution in [0.5, 0.6) is 0 Å². The van der Waals surface area contributed by atoms with E-state index in [0.29, 0.717) is 12.0 Å². The van der Waals surface area contributed by atoms with E-state index >= 15 is 0 Å². The second-order valence-electron chi connectivity index (χ2n) is 5.29. The maximum absolute atomic E-state index is 5.57. The lowest BCUT2D eigenvalue weighted by atomic mass is 9.92. The first-order chi connectivity index (χ1) is 7.51. The van der Waals surface area contributed by atoms with E-state index in [4.69, 9.17) is 9.15 Å². The van der Waals surface area contributed by atoms with Crippen LogP contribution in [0.2, 0.25) is 0 Å². The van der Waals surface area contributed by atoms with Crippen LogP contribution in [0.3, 0.4) is 0 Å². The van der Waals surface area contributed by atoms with Gasteiger partial charge in [0, 0.05) is 7.11 Å². The lowest BCUT2D eigenvalue weighted by Gasteiger charge is -2.17. The molecule has 0 aromatic carbocycles. The Hall–Kier alpha value is -0.800. The molecule has 0 aliphatic rings. The zero-order valence-electron chi connectivity index (χ0n) is 10.8. The molecule has 0 unspecified atom stereocenters. The van der Waals surface area contributed by atoms with Crippen molar-refractivity contribution >= 4 is 0 Å². The minimum Gasteiger partial charge on any atom is -0.462 e. The van der Waals surface area contributed by atoms with Gasteiger partial charge in [0.15, 0.2) is 0 Å². The van der Waals surface area contributed by atoms with Crippen molar-refractivity contribution in [1.82, 2.24) is 5.32 Å². The number of hydrogen-bond donors (Lipinski definition) is 1. The standard InChI is InChI=1S/C13H23NO2/c1-13(2,3)7-8-14-9-11-5-6-12(16-11)10-15-4/h5-6,14H,7-10H2,1-4H3. The van der Waals surface area contributed by atoms with E-state index < -0.39 is 0 Å². The first kappa shape index (κ1) is 13.3. The number of nitrogens with one attached hydrogen (secondary N) is 1. The average molecular weight is 225 g/mol. The summed E-state index contributed by atoms with van der Waals surface area (Å²) in [4.78, 5) is 0. The summed E-state index contributed by atoms with van der Waals surface area (Å²) in [6, 6.07) is 3.96. The fourth-order valence-corrected chi connectivity index (χ4v) is 1.41. The van der Waals surface area contributed by atoms with Crippen LogP contribution in [0, 0.1) is 5.41 Å². The van der Waals surface area contributed by atoms with E-state index in [9.17, 15) is 0 Å². The highest BCUT2D eigenvalue weighted by Gasteiger charge is 2.09. The zero-order chi connectivity index (χ0) is 12.0. The molecule has 0 radical (unpaired) electrons. The Balaban J connectivity index is 2.21. The first-order valence-electron chi connectivity index (χ1n) is 5.78. The topological polar surface area (TPSA) is 34.4 Å². The summed E-state index contributed by atoms with van der Waals surface area (Å²) in [6.07, 6.45) is 1.17. The lowest BCUT2D eigenvalue weighted by molar-refractivity contribution is 0.162. The first-order valence-corrected chi connectivity index (χ1v) is 5.78. The van der Waals surface area contributed by atoms with Crippen LogP contribution < -0.4 is 5.32 Å². The van der Waals surface area contributed by atoms with Gasteiger partial charge >= 0.3 is 0 Å². The summed E-state index contributed by atoms with van der Waals surface area (Å²) in [5, 5.41) is 3.38. The third kappa shape index (κ3) is 5.33. The molecule has 3 heteroatoms. The highest BCUT2D eigenvalue weighted by Crippen LogP contribution is 2.17. The maximum Gasteiger partial charge on any atom is 0.129 e. The normalized spacial score (nSPS) is 12.0. The second-order valence-corrected chi connectivity index (χ2v) is 5.29. The molecule has 0 amide bonds. The van der Waals surface area contributed by atoms with Crippen molar-refractivity contribution in [2.24, 2.45) is 5.41 Å². The monoisotopic (exact) mass is 225 g/mol. The molecular weight excluding hydrogens is 202 g/mol. The highest BCUT2D eigenvalue weighted by atomic mass is 16.5. The molecule has 0 aliphatic carbocycles. The third-order valence-corrected chi connectivity index (χ3v) is 2.35. The summed E-state index contributed by atoms with van der Waals surface area (Å²) < 4.78 is 10.6. The predicted octanol–water partition coefficient (Wildman–Crippen LogP) is 2.95. The molecule has 0 saturated heterocycles. The van der Waals surface area contributed by atoms with Gasteiger partial charge in [-0.15, -0.1) is 0 Å². The molecule has 1 aromatic heterocycles. The Bertz CT molecular complexity index is 299. The largest absolute Gasteiger partial charge is 0.462 e. The minimum absolute atomic E-state index is 0.386. The van der Waals surface area contributed by atoms with E-state index in [1.165, 1.54) is 6.42 Å². The summed E-state index contributed by atoms with van der Waals surface area (Å²) in [6.45, 7) is 9.10. The van der Waals surface area contributed by atoms with Crippen molar-refractivity contribution < 1.29 is 9.15 Å². The van der Waals surface area contributed by atoms with Crippen LogP contribution in [-0.4, -0.2) is 13.7 Å². The smallest absolute Gasteiger partial charge is 0.129 e. The maximum atomic E-state index is 5.57. The average Bonchev–Trinajstić information content (AvgIpc) is 2.60. The Morgan fingerprint density at radius 1 is 1.25 bits per heavy atom. The van der Waals surface area contributed by atoms with E-state index in [1.54, 1.807) is 7.11 Å². The fourth-order valence-electron chi connectivity index (χ4n) is 1.41. The van der Waals surface area contributed by atoms with Crippen molar-refractivity contribution in [3.05, 3.63) is 23.7 Å². The van der Waals surface area contributed by atoms with Crippen LogP contribution in [-0.2, 0) is 17.9 Å². The van der Waals surface area contributed by atoms with E-state index in [2.05, 4.69) is 26.1 Å². The lowest BCUT2D eigenvalue weighted by Crippen LogP contribution is -2.19. The molecule has 92 valence electrons. The van der Waals surface area contributed by atoms with Crippen LogP contribution in [0.15, 0.2) is 16.5 Å². The summed E-state index contributed by atoms with van der Waals surface area (Å²) >= 11 is 0. The summed E-state index contributed by atoms with van der Waals surface area (Å²) in [5.41, 5.74) is 0.386. The van der Waals surface area contributed by atoms with Gasteiger partial charge in [0.1, 0.15) is 18.1 Å². The summed E-state index contributed by atoms with van der Waals surface area (Å²) in [7, 11) is 1.67. The zero-order valence-corrected chi connectivity index (χ0v) is 10.8. The Labute approximate surface area is 98.2 Å². The Morgan fingerprint density at radius 2 is 1.94 bits per heavy atom. The van der Waals surface area contributed by atoms with Gasteiger partial charge in [-0.2, -0.15) is 0 Å². The molecule has 0 atom stereocenters. The van der Waals surface area contributed by atoms with Crippen LogP contribution in [0.25, 0.3) is 0 Å². The molecule has 0 aliphatic heterocycles. The van der Waals surface area contributed by atoms with E-state index in [0.717, 1.165) is 24.6 Å². The SMILES string of the molecule is COCc1ccc(CNCCC(C)(C)C)o1. The molecule has 3 nitrogen and oxygen atoms in total. The molecule has 16 heavy (non-hydrogen) atoms. The third-order valence-electron chi connectivity index (χ3n) is 2.35. The molecule has 0 spiro atoms. The van der Waals surface area contributed by atoms with Gasteiger partial charge < -0.3 is 14.5 Å². The van der Waals surface area contributed by atoms with Gasteiger partial charge in [-0.05, 0) is 30.5 Å². The number of rotatable bonds is 6. The minimum atomic E-state index is 0.386. The van der Waals surface area contributed by atoms with Crippen molar-refractivity contribution in [3.63, 3.8) is 0 Å². The second kappa shape index (κ2) is 6.06. The van der Waals surface area contributed by atoms with Gasteiger partial charge in [-0.3, -0.25) is 0 Å².